The fraction of sp³-hybridized carbons (Fsp3) is 0.200. The maximum absolute atomic E-state index is 9.12. The minimum atomic E-state index is 0.321. The van der Waals surface area contributed by atoms with Gasteiger partial charge in [0.2, 0.25) is 0 Å². The number of hydrogen-bond acceptors (Lipinski definition) is 1. The van der Waals surface area contributed by atoms with E-state index in [0.717, 1.165) is 6.42 Å². The van der Waals surface area contributed by atoms with Crippen molar-refractivity contribution < 1.29 is 5.11 Å². The van der Waals surface area contributed by atoms with Crippen molar-refractivity contribution in [1.82, 2.24) is 0 Å². The van der Waals surface area contributed by atoms with Crippen molar-refractivity contribution in [3.8, 4) is 5.75 Å². The molecule has 16 heavy (non-hydrogen) atoms. The Morgan fingerprint density at radius 3 is 1.81 bits per heavy atom. The molecule has 2 rings (SSSR count). The molecule has 84 valence electrons. The lowest BCUT2D eigenvalue weighted by molar-refractivity contribution is 0.475. The average molecular weight is 214 g/mol. The Morgan fingerprint density at radius 2 is 1.25 bits per heavy atom. The Bertz CT molecular complexity index is 390. The summed E-state index contributed by atoms with van der Waals surface area (Å²) in [7, 11) is 0. The second-order valence-corrected chi connectivity index (χ2v) is 3.33. The van der Waals surface area contributed by atoms with Gasteiger partial charge in [-0.25, -0.2) is 0 Å². The lowest BCUT2D eigenvalue weighted by Gasteiger charge is -2.01. The zero-order valence-corrected chi connectivity index (χ0v) is 9.85. The molecule has 1 N–H and O–H groups in total. The predicted molar refractivity (Wildman–Crippen MR) is 68.7 cm³/mol. The third-order valence-electron chi connectivity index (χ3n) is 2.19. The lowest BCUT2D eigenvalue weighted by Crippen LogP contribution is -1.86. The summed E-state index contributed by atoms with van der Waals surface area (Å²) in [5, 5.41) is 9.12. The second-order valence-electron chi connectivity index (χ2n) is 3.33. The van der Waals surface area contributed by atoms with Crippen LogP contribution in [-0.2, 0) is 6.42 Å². The van der Waals surface area contributed by atoms with Gasteiger partial charge in [-0.1, -0.05) is 56.3 Å². The van der Waals surface area contributed by atoms with Crippen LogP contribution in [0.3, 0.4) is 0 Å². The van der Waals surface area contributed by atoms with E-state index in [9.17, 15) is 0 Å². The van der Waals surface area contributed by atoms with E-state index in [0.29, 0.717) is 5.75 Å². The van der Waals surface area contributed by atoms with Gasteiger partial charge in [-0.2, -0.15) is 0 Å². The number of hydrogen-bond donors (Lipinski definition) is 1. The predicted octanol–water partition coefficient (Wildman–Crippen LogP) is 4.01. The van der Waals surface area contributed by atoms with Gasteiger partial charge in [0.15, 0.2) is 0 Å². The second kappa shape index (κ2) is 6.67. The summed E-state index contributed by atoms with van der Waals surface area (Å²) in [5.74, 6) is 0.321. The monoisotopic (exact) mass is 214 g/mol. The molecule has 0 heterocycles. The molecular formula is C15H18O. The van der Waals surface area contributed by atoms with E-state index in [4.69, 9.17) is 5.11 Å². The number of phenolic OH excluding ortho intramolecular Hbond substituents is 1. The molecule has 0 aliphatic heterocycles. The Hall–Kier alpha value is -1.76. The van der Waals surface area contributed by atoms with Gasteiger partial charge in [0.1, 0.15) is 5.75 Å². The van der Waals surface area contributed by atoms with Gasteiger partial charge in [0.05, 0.1) is 0 Å². The first kappa shape index (κ1) is 12.3. The maximum atomic E-state index is 9.12. The molecule has 1 nitrogen and oxygen atoms in total. The van der Waals surface area contributed by atoms with Crippen LogP contribution in [0.2, 0.25) is 0 Å². The number of rotatable bonds is 2. The van der Waals surface area contributed by atoms with Crippen LogP contribution in [0.1, 0.15) is 25.0 Å². The highest BCUT2D eigenvalue weighted by Crippen LogP contribution is 2.13. The molecule has 0 atom stereocenters. The first-order valence-electron chi connectivity index (χ1n) is 5.66. The Balaban J connectivity index is 0.000000606. The van der Waals surface area contributed by atoms with Crippen molar-refractivity contribution in [2.45, 2.75) is 20.3 Å². The van der Waals surface area contributed by atoms with E-state index in [1.807, 2.05) is 44.2 Å². The smallest absolute Gasteiger partial charge is 0.115 e. The molecule has 0 spiro atoms. The van der Waals surface area contributed by atoms with E-state index in [2.05, 4.69) is 12.1 Å². The highest BCUT2D eigenvalue weighted by molar-refractivity contribution is 5.30. The summed E-state index contributed by atoms with van der Waals surface area (Å²) in [4.78, 5) is 0. The van der Waals surface area contributed by atoms with E-state index in [-0.39, 0.29) is 0 Å². The zero-order valence-electron chi connectivity index (χ0n) is 9.85. The van der Waals surface area contributed by atoms with Crippen molar-refractivity contribution in [3.63, 3.8) is 0 Å². The minimum absolute atomic E-state index is 0.321. The van der Waals surface area contributed by atoms with Gasteiger partial charge < -0.3 is 5.11 Å². The van der Waals surface area contributed by atoms with Crippen molar-refractivity contribution >= 4 is 0 Å². The number of aromatic hydroxyl groups is 1. The SMILES string of the molecule is CC.Oc1ccc(Cc2ccccc2)cc1. The Morgan fingerprint density at radius 1 is 0.750 bits per heavy atom. The zero-order chi connectivity index (χ0) is 11.8. The fourth-order valence-electron chi connectivity index (χ4n) is 1.45. The first-order valence-corrected chi connectivity index (χ1v) is 5.66. The van der Waals surface area contributed by atoms with Crippen molar-refractivity contribution in [2.24, 2.45) is 0 Å². The average Bonchev–Trinajstić information content (AvgIpc) is 2.36. The molecule has 1 heteroatoms. The third kappa shape index (κ3) is 3.77. The van der Waals surface area contributed by atoms with Crippen LogP contribution in [0.4, 0.5) is 0 Å². The van der Waals surface area contributed by atoms with Gasteiger partial charge >= 0.3 is 0 Å². The van der Waals surface area contributed by atoms with Crippen molar-refractivity contribution in [1.29, 1.82) is 0 Å². The van der Waals surface area contributed by atoms with E-state index >= 15 is 0 Å². The quantitative estimate of drug-likeness (QED) is 0.800. The fourth-order valence-corrected chi connectivity index (χ4v) is 1.45. The highest BCUT2D eigenvalue weighted by Gasteiger charge is 1.95. The van der Waals surface area contributed by atoms with Gasteiger partial charge in [-0.15, -0.1) is 0 Å². The molecule has 0 radical (unpaired) electrons. The van der Waals surface area contributed by atoms with Crippen LogP contribution in [0.5, 0.6) is 5.75 Å². The van der Waals surface area contributed by atoms with Crippen LogP contribution in [0.15, 0.2) is 54.6 Å². The summed E-state index contributed by atoms with van der Waals surface area (Å²) < 4.78 is 0. The molecule has 0 unspecified atom stereocenters. The molecule has 0 aliphatic carbocycles. The van der Waals surface area contributed by atoms with Gasteiger partial charge in [-0.3, -0.25) is 0 Å². The molecule has 0 saturated heterocycles. The number of benzene rings is 2. The van der Waals surface area contributed by atoms with Crippen molar-refractivity contribution in [3.05, 3.63) is 65.7 Å². The van der Waals surface area contributed by atoms with Gasteiger partial charge in [0, 0.05) is 0 Å². The molecule has 0 saturated carbocycles. The largest absolute Gasteiger partial charge is 0.508 e. The van der Waals surface area contributed by atoms with Gasteiger partial charge in [-0.05, 0) is 29.7 Å². The van der Waals surface area contributed by atoms with E-state index in [1.54, 1.807) is 12.1 Å². The molecular weight excluding hydrogens is 196 g/mol. The molecule has 2 aromatic carbocycles. The van der Waals surface area contributed by atoms with Crippen LogP contribution in [-0.4, -0.2) is 5.11 Å². The molecule has 0 bridgehead atoms. The van der Waals surface area contributed by atoms with Crippen LogP contribution >= 0.6 is 0 Å². The van der Waals surface area contributed by atoms with E-state index < -0.39 is 0 Å². The van der Waals surface area contributed by atoms with E-state index in [1.165, 1.54) is 11.1 Å². The topological polar surface area (TPSA) is 20.2 Å². The van der Waals surface area contributed by atoms with Crippen LogP contribution < -0.4 is 0 Å². The Kier molecular flexibility index (Phi) is 5.13. The first-order chi connectivity index (χ1) is 7.84. The minimum Gasteiger partial charge on any atom is -0.508 e. The summed E-state index contributed by atoms with van der Waals surface area (Å²) >= 11 is 0. The molecule has 0 aromatic heterocycles. The van der Waals surface area contributed by atoms with Crippen LogP contribution in [0, 0.1) is 0 Å². The molecule has 0 aliphatic rings. The number of phenols is 1. The molecule has 2 aromatic rings. The highest BCUT2D eigenvalue weighted by atomic mass is 16.3. The summed E-state index contributed by atoms with van der Waals surface area (Å²) in [6.45, 7) is 4.00. The summed E-state index contributed by atoms with van der Waals surface area (Å²) in [6.07, 6.45) is 0.918. The third-order valence-corrected chi connectivity index (χ3v) is 2.19. The molecule has 0 amide bonds. The van der Waals surface area contributed by atoms with Gasteiger partial charge in [0.25, 0.3) is 0 Å². The van der Waals surface area contributed by atoms with Crippen LogP contribution in [0.25, 0.3) is 0 Å². The maximum Gasteiger partial charge on any atom is 0.115 e. The summed E-state index contributed by atoms with van der Waals surface area (Å²) in [5.41, 5.74) is 2.51. The van der Waals surface area contributed by atoms with Crippen molar-refractivity contribution in [2.75, 3.05) is 0 Å². The molecule has 0 fully saturated rings. The normalized spacial score (nSPS) is 9.12. The summed E-state index contributed by atoms with van der Waals surface area (Å²) in [6, 6.07) is 17.6. The standard InChI is InChI=1S/C13H12O.C2H6/c14-13-8-6-12(7-9-13)10-11-4-2-1-3-5-11;1-2/h1-9,14H,10H2;1-2H3. The Labute approximate surface area is 97.4 Å². The lowest BCUT2D eigenvalue weighted by atomic mass is 10.1.